The second kappa shape index (κ2) is 21.6. The number of rotatable bonds is 10. The van der Waals surface area contributed by atoms with Crippen LogP contribution in [0.25, 0.3) is 0 Å². The molecule has 2 fully saturated rings. The van der Waals surface area contributed by atoms with Crippen LogP contribution in [-0.4, -0.2) is 95.8 Å². The second-order valence-electron chi connectivity index (χ2n) is 16.3. The number of unbranched alkanes of at least 4 members (excludes halogenated alkanes) is 1. The van der Waals surface area contributed by atoms with Crippen LogP contribution in [0, 0.1) is 35.5 Å². The predicted octanol–water partition coefficient (Wildman–Crippen LogP) is 3.21. The number of esters is 2. The fraction of sp³-hybridized carbons (Fsp3) is 0.651. The van der Waals surface area contributed by atoms with Crippen molar-refractivity contribution in [1.29, 1.82) is 0 Å². The number of nitrogens with zero attached hydrogens (tertiary/aromatic N) is 1. The number of benzene rings is 1. The van der Waals surface area contributed by atoms with Gasteiger partial charge in [-0.25, -0.2) is 4.79 Å². The molecule has 0 bridgehead atoms. The average molecular weight is 794 g/mol. The number of hydrogen-bond donors (Lipinski definition) is 4. The number of carbonyl (C=O) groups is 7. The third-order valence-corrected chi connectivity index (χ3v) is 11.3. The van der Waals surface area contributed by atoms with E-state index in [-0.39, 0.29) is 25.3 Å². The zero-order valence-electron chi connectivity index (χ0n) is 34.9. The molecule has 2 heterocycles. The van der Waals surface area contributed by atoms with Crippen LogP contribution in [0.3, 0.4) is 0 Å². The van der Waals surface area contributed by atoms with E-state index in [0.717, 1.165) is 0 Å². The summed E-state index contributed by atoms with van der Waals surface area (Å²) < 4.78 is 11.9. The number of terminal acetylenes is 1. The first kappa shape index (κ1) is 46.5. The van der Waals surface area contributed by atoms with Crippen LogP contribution in [0.5, 0.6) is 0 Å². The van der Waals surface area contributed by atoms with Gasteiger partial charge in [0.05, 0.1) is 5.41 Å². The third kappa shape index (κ3) is 12.5. The highest BCUT2D eigenvalue weighted by atomic mass is 16.6. The largest absolute Gasteiger partial charge is 0.460 e. The fourth-order valence-corrected chi connectivity index (χ4v) is 6.99. The molecule has 14 heteroatoms. The molecular formula is C43H63N5O9. The van der Waals surface area contributed by atoms with Crippen LogP contribution in [-0.2, 0) is 49.5 Å². The van der Waals surface area contributed by atoms with Gasteiger partial charge >= 0.3 is 11.9 Å². The van der Waals surface area contributed by atoms with Crippen LogP contribution in [0.15, 0.2) is 30.3 Å². The molecule has 5 amide bonds. The topological polar surface area (TPSA) is 189 Å². The number of carbonyl (C=O) groups excluding carboxylic acids is 7. The highest BCUT2D eigenvalue weighted by Crippen LogP contribution is 2.29. The minimum absolute atomic E-state index is 0.0259. The monoisotopic (exact) mass is 793 g/mol. The standard InChI is InChI=1S/C43H63N5O9/c1-10-13-15-22-32-43(8,9)42(55)47-34(26(4)5)39(52)45-30(24-29-19-16-14-17-20-29)41(54)57-36(28(7)12-3)40(53)48-23-18-21-31(48)37(50)46-35(27(6)11-2)38(51)44-25-33(49)56-32/h1,14,16-17,19-20,26-28,30-32,34-36H,11-13,15,18,21-25H2,2-9H3,(H,44,51)(H,45,52)(H,46,50)(H,47,55)/t27-,28-,30-,31-,32-,34-,35-,36-/m0/s1. The normalized spacial score (nSPS) is 26.9. The number of cyclic esters (lactones) is 2. The molecule has 14 nitrogen and oxygen atoms in total. The van der Waals surface area contributed by atoms with E-state index in [9.17, 15) is 33.6 Å². The smallest absolute Gasteiger partial charge is 0.329 e. The third-order valence-electron chi connectivity index (χ3n) is 11.3. The van der Waals surface area contributed by atoms with Gasteiger partial charge in [0.2, 0.25) is 23.6 Å². The molecule has 0 saturated carbocycles. The van der Waals surface area contributed by atoms with Crippen LogP contribution in [0.1, 0.15) is 106 Å². The van der Waals surface area contributed by atoms with Gasteiger partial charge in [0, 0.05) is 25.3 Å². The van der Waals surface area contributed by atoms with Gasteiger partial charge in [-0.3, -0.25) is 28.8 Å². The summed E-state index contributed by atoms with van der Waals surface area (Å²) in [7, 11) is 0. The van der Waals surface area contributed by atoms with E-state index >= 15 is 0 Å². The molecule has 1 aromatic carbocycles. The van der Waals surface area contributed by atoms with Crippen LogP contribution >= 0.6 is 0 Å². The second-order valence-corrected chi connectivity index (χ2v) is 16.3. The lowest BCUT2D eigenvalue weighted by Crippen LogP contribution is -2.59. The molecule has 57 heavy (non-hydrogen) atoms. The van der Waals surface area contributed by atoms with Crippen molar-refractivity contribution < 1.29 is 43.0 Å². The van der Waals surface area contributed by atoms with E-state index in [1.54, 1.807) is 65.8 Å². The van der Waals surface area contributed by atoms with Gasteiger partial charge in [-0.1, -0.05) is 78.3 Å². The molecule has 2 saturated heterocycles. The molecular weight excluding hydrogens is 730 g/mol. The Bertz CT molecular complexity index is 1620. The van der Waals surface area contributed by atoms with Crippen molar-refractivity contribution in [3.05, 3.63) is 35.9 Å². The first-order chi connectivity index (χ1) is 27.0. The minimum Gasteiger partial charge on any atom is -0.460 e. The van der Waals surface area contributed by atoms with Crippen molar-refractivity contribution in [2.75, 3.05) is 13.1 Å². The van der Waals surface area contributed by atoms with Crippen molar-refractivity contribution in [2.45, 2.75) is 143 Å². The Morgan fingerprint density at radius 3 is 2.14 bits per heavy atom. The number of nitrogens with one attached hydrogen (secondary N) is 4. The molecule has 1 aromatic rings. The first-order valence-corrected chi connectivity index (χ1v) is 20.3. The minimum atomic E-state index is -1.38. The molecule has 0 aromatic heterocycles. The summed E-state index contributed by atoms with van der Waals surface area (Å²) >= 11 is 0. The summed E-state index contributed by atoms with van der Waals surface area (Å²) in [6, 6.07) is 4.64. The maximum Gasteiger partial charge on any atom is 0.329 e. The van der Waals surface area contributed by atoms with Crippen molar-refractivity contribution in [3.63, 3.8) is 0 Å². The molecule has 314 valence electrons. The van der Waals surface area contributed by atoms with Gasteiger partial charge in [0.25, 0.3) is 5.91 Å². The van der Waals surface area contributed by atoms with Gasteiger partial charge in [0.1, 0.15) is 36.8 Å². The molecule has 2 aliphatic rings. The lowest BCUT2D eigenvalue weighted by molar-refractivity contribution is -0.167. The predicted molar refractivity (Wildman–Crippen MR) is 214 cm³/mol. The van der Waals surface area contributed by atoms with Gasteiger partial charge in [0.15, 0.2) is 6.10 Å². The highest BCUT2D eigenvalue weighted by Gasteiger charge is 2.44. The molecule has 4 N–H and O–H groups in total. The quantitative estimate of drug-likeness (QED) is 0.157. The van der Waals surface area contributed by atoms with E-state index in [4.69, 9.17) is 15.9 Å². The van der Waals surface area contributed by atoms with Crippen LogP contribution in [0.2, 0.25) is 0 Å². The Hall–Kier alpha value is -4.93. The maximum atomic E-state index is 14.3. The SMILES string of the molecule is C#CCCC[C@@H]1OC(=O)CNC(=O)[C@H]([C@@H](C)CC)NC(=O)[C@@H]2CCCN2C(=O)[C@H]([C@@H](C)CC)OC(=O)[C@H](Cc2ccccc2)NC(=O)[C@H](C(C)C)NC(=O)C1(C)C. The first-order valence-electron chi connectivity index (χ1n) is 20.3. The van der Waals surface area contributed by atoms with Crippen LogP contribution in [0.4, 0.5) is 0 Å². The number of fused-ring (bicyclic) bond motifs is 1. The molecule has 0 spiro atoms. The van der Waals surface area contributed by atoms with Crippen molar-refractivity contribution in [2.24, 2.45) is 23.2 Å². The molecule has 2 aliphatic heterocycles. The van der Waals surface area contributed by atoms with Gasteiger partial charge < -0.3 is 35.6 Å². The Kier molecular flexibility index (Phi) is 17.6. The zero-order valence-corrected chi connectivity index (χ0v) is 34.9. The summed E-state index contributed by atoms with van der Waals surface area (Å²) in [5, 5.41) is 11.0. The van der Waals surface area contributed by atoms with E-state index in [1.807, 2.05) is 19.9 Å². The lowest BCUT2D eigenvalue weighted by Gasteiger charge is -2.35. The lowest BCUT2D eigenvalue weighted by atomic mass is 9.82. The Labute approximate surface area is 337 Å². The Morgan fingerprint density at radius 1 is 0.860 bits per heavy atom. The summed E-state index contributed by atoms with van der Waals surface area (Å²) in [4.78, 5) is 98.9. The zero-order chi connectivity index (χ0) is 42.4. The molecule has 0 radical (unpaired) electrons. The number of hydrogen-bond acceptors (Lipinski definition) is 9. The van der Waals surface area contributed by atoms with Gasteiger partial charge in [-0.2, -0.15) is 0 Å². The van der Waals surface area contributed by atoms with Crippen molar-refractivity contribution in [3.8, 4) is 12.3 Å². The highest BCUT2D eigenvalue weighted by molar-refractivity contribution is 5.96. The Balaban J connectivity index is 2.12. The molecule has 0 aliphatic carbocycles. The summed E-state index contributed by atoms with van der Waals surface area (Å²) in [6.45, 7) is 13.6. The van der Waals surface area contributed by atoms with E-state index in [0.29, 0.717) is 44.1 Å². The summed E-state index contributed by atoms with van der Waals surface area (Å²) in [5.41, 5.74) is -0.669. The molecule has 3 rings (SSSR count). The van der Waals surface area contributed by atoms with Gasteiger partial charge in [-0.15, -0.1) is 12.3 Å². The van der Waals surface area contributed by atoms with Crippen LogP contribution < -0.4 is 21.3 Å². The average Bonchev–Trinajstić information content (AvgIpc) is 3.68. The van der Waals surface area contributed by atoms with E-state index in [1.165, 1.54) is 4.90 Å². The summed E-state index contributed by atoms with van der Waals surface area (Å²) in [5.74, 6) is -3.33. The van der Waals surface area contributed by atoms with Gasteiger partial charge in [-0.05, 0) is 63.4 Å². The van der Waals surface area contributed by atoms with E-state index in [2.05, 4.69) is 27.2 Å². The number of ether oxygens (including phenoxy) is 2. The molecule has 0 unspecified atom stereocenters. The van der Waals surface area contributed by atoms with Crippen molar-refractivity contribution in [1.82, 2.24) is 26.2 Å². The van der Waals surface area contributed by atoms with Crippen molar-refractivity contribution >= 4 is 41.5 Å². The summed E-state index contributed by atoms with van der Waals surface area (Å²) in [6.07, 6.45) is 6.04. The molecule has 8 atom stereocenters. The fourth-order valence-electron chi connectivity index (χ4n) is 6.99. The van der Waals surface area contributed by atoms with E-state index < -0.39 is 102 Å². The number of amides is 5. The maximum absolute atomic E-state index is 14.3. The Morgan fingerprint density at radius 2 is 1.53 bits per heavy atom.